The maximum Gasteiger partial charge on any atom is 0.303 e. The topological polar surface area (TPSA) is 131 Å². The number of carbonyl (C=O) groups excluding carboxylic acids is 2. The van der Waals surface area contributed by atoms with Gasteiger partial charge in [0.15, 0.2) is 6.10 Å². The Kier molecular flexibility index (Phi) is 9.62. The van der Waals surface area contributed by atoms with Gasteiger partial charge in [0.25, 0.3) is 0 Å². The van der Waals surface area contributed by atoms with Gasteiger partial charge in [-0.25, -0.2) is 0 Å². The first-order chi connectivity index (χ1) is 19.3. The van der Waals surface area contributed by atoms with Crippen LogP contribution in [0.5, 0.6) is 17.2 Å². The van der Waals surface area contributed by atoms with Crippen LogP contribution in [0.15, 0.2) is 59.8 Å². The first kappa shape index (κ1) is 28.9. The molecule has 5 atom stereocenters. The zero-order valence-corrected chi connectivity index (χ0v) is 22.8. The second kappa shape index (κ2) is 13.3. The maximum atomic E-state index is 11.4. The quantitative estimate of drug-likeness (QED) is 0.202. The first-order valence-corrected chi connectivity index (χ1v) is 12.8. The van der Waals surface area contributed by atoms with Gasteiger partial charge in [-0.2, -0.15) is 0 Å². The number of ether oxygens (including phenoxy) is 6. The zero-order valence-electron chi connectivity index (χ0n) is 22.8. The van der Waals surface area contributed by atoms with Crippen molar-refractivity contribution < 1.29 is 48.0 Å². The van der Waals surface area contributed by atoms with Crippen molar-refractivity contribution in [2.45, 2.75) is 50.8 Å². The number of oxime groups is 1. The fraction of sp³-hybridized carbons (Fsp3) is 0.414. The molecule has 0 spiro atoms. The van der Waals surface area contributed by atoms with E-state index in [-0.39, 0.29) is 18.9 Å². The molecule has 4 rings (SSSR count). The summed E-state index contributed by atoms with van der Waals surface area (Å²) in [5, 5.41) is 15.6. The largest absolute Gasteiger partial charge is 0.497 e. The van der Waals surface area contributed by atoms with Crippen LogP contribution >= 0.6 is 0 Å². The van der Waals surface area contributed by atoms with Gasteiger partial charge in [0.2, 0.25) is 0 Å². The second-order valence-electron chi connectivity index (χ2n) is 9.19. The van der Waals surface area contributed by atoms with Crippen LogP contribution in [0, 0.1) is 0 Å². The van der Waals surface area contributed by atoms with Crippen molar-refractivity contribution in [2.75, 3.05) is 27.4 Å². The molecule has 2 aliphatic rings. The third-order valence-electron chi connectivity index (χ3n) is 6.35. The number of hydrogen-bond acceptors (Lipinski definition) is 11. The van der Waals surface area contributed by atoms with Crippen LogP contribution in [-0.4, -0.2) is 74.6 Å². The highest BCUT2D eigenvalue weighted by Gasteiger charge is 2.37. The van der Waals surface area contributed by atoms with Crippen LogP contribution in [0.2, 0.25) is 0 Å². The fourth-order valence-corrected chi connectivity index (χ4v) is 4.41. The van der Waals surface area contributed by atoms with E-state index in [0.717, 1.165) is 0 Å². The summed E-state index contributed by atoms with van der Waals surface area (Å²) >= 11 is 0. The molecule has 0 fully saturated rings. The average Bonchev–Trinajstić information content (AvgIpc) is 2.95. The summed E-state index contributed by atoms with van der Waals surface area (Å²) in [6.45, 7) is 2.68. The molecule has 2 heterocycles. The van der Waals surface area contributed by atoms with E-state index in [2.05, 4.69) is 5.16 Å². The number of fused-ring (bicyclic) bond motifs is 1. The summed E-state index contributed by atoms with van der Waals surface area (Å²) in [5.74, 6) is 0.790. The highest BCUT2D eigenvalue weighted by Crippen LogP contribution is 2.38. The minimum Gasteiger partial charge on any atom is -0.497 e. The Hall–Kier alpha value is -4.09. The van der Waals surface area contributed by atoms with E-state index in [1.807, 2.05) is 18.2 Å². The molecule has 214 valence electrons. The summed E-state index contributed by atoms with van der Waals surface area (Å²) in [5.41, 5.74) is 1.55. The van der Waals surface area contributed by atoms with Crippen molar-refractivity contribution in [3.05, 3.63) is 65.7 Å². The number of benzene rings is 2. The van der Waals surface area contributed by atoms with Crippen molar-refractivity contribution in [1.29, 1.82) is 0 Å². The first-order valence-electron chi connectivity index (χ1n) is 12.8. The smallest absolute Gasteiger partial charge is 0.303 e. The Labute approximate surface area is 232 Å². The summed E-state index contributed by atoms with van der Waals surface area (Å²) in [6, 6.07) is 12.5. The van der Waals surface area contributed by atoms with E-state index in [0.29, 0.717) is 34.8 Å². The van der Waals surface area contributed by atoms with Crippen molar-refractivity contribution in [3.63, 3.8) is 0 Å². The van der Waals surface area contributed by atoms with Gasteiger partial charge in [-0.3, -0.25) is 9.59 Å². The predicted molar refractivity (Wildman–Crippen MR) is 142 cm³/mol. The van der Waals surface area contributed by atoms with Gasteiger partial charge in [-0.05, 0) is 42.0 Å². The summed E-state index contributed by atoms with van der Waals surface area (Å²) in [6.07, 6.45) is 0.243. The molecular weight excluding hydrogens is 522 g/mol. The number of esters is 2. The van der Waals surface area contributed by atoms with E-state index in [1.165, 1.54) is 13.8 Å². The molecule has 0 saturated heterocycles. The minimum absolute atomic E-state index is 0.0618. The van der Waals surface area contributed by atoms with Gasteiger partial charge in [0, 0.05) is 25.8 Å². The monoisotopic (exact) mass is 555 g/mol. The van der Waals surface area contributed by atoms with Gasteiger partial charge in [-0.1, -0.05) is 23.4 Å². The van der Waals surface area contributed by atoms with E-state index in [1.54, 1.807) is 50.6 Å². The number of carbonyl (C=O) groups is 2. The van der Waals surface area contributed by atoms with Gasteiger partial charge in [-0.15, -0.1) is 0 Å². The molecule has 1 N–H and O–H groups in total. The maximum absolute atomic E-state index is 11.4. The molecule has 11 heteroatoms. The molecule has 40 heavy (non-hydrogen) atoms. The minimum atomic E-state index is -1.14. The average molecular weight is 556 g/mol. The Morgan fingerprint density at radius 3 is 2.50 bits per heavy atom. The molecule has 0 aromatic heterocycles. The normalized spacial score (nSPS) is 24.4. The molecule has 0 amide bonds. The lowest BCUT2D eigenvalue weighted by Crippen LogP contribution is -2.41. The molecular formula is C29H33NO10. The van der Waals surface area contributed by atoms with Gasteiger partial charge >= 0.3 is 11.9 Å². The van der Waals surface area contributed by atoms with Gasteiger partial charge in [0.05, 0.1) is 20.3 Å². The molecule has 2 aromatic rings. The van der Waals surface area contributed by atoms with Crippen molar-refractivity contribution in [3.8, 4) is 17.2 Å². The summed E-state index contributed by atoms with van der Waals surface area (Å²) < 4.78 is 33.1. The summed E-state index contributed by atoms with van der Waals surface area (Å²) in [4.78, 5) is 28.4. The number of methoxy groups -OCH3 is 2. The van der Waals surface area contributed by atoms with Crippen LogP contribution in [0.4, 0.5) is 0 Å². The number of aliphatic hydroxyl groups is 1. The number of nitrogens with zero attached hydrogens (tertiary/aromatic N) is 1. The molecule has 2 aliphatic heterocycles. The fourth-order valence-electron chi connectivity index (χ4n) is 4.41. The number of aliphatic hydroxyl groups excluding tert-OH is 1. The Morgan fingerprint density at radius 2 is 1.77 bits per heavy atom. The molecule has 0 bridgehead atoms. The van der Waals surface area contributed by atoms with Crippen molar-refractivity contribution in [1.82, 2.24) is 0 Å². The second-order valence-corrected chi connectivity index (χ2v) is 9.19. The van der Waals surface area contributed by atoms with Crippen LogP contribution in [-0.2, 0) is 28.6 Å². The Bertz CT molecular complexity index is 1260. The van der Waals surface area contributed by atoms with Crippen LogP contribution in [0.25, 0.3) is 0 Å². The van der Waals surface area contributed by atoms with E-state index in [9.17, 15) is 14.7 Å². The van der Waals surface area contributed by atoms with Gasteiger partial charge in [0.1, 0.15) is 54.5 Å². The molecule has 11 nitrogen and oxygen atoms in total. The lowest BCUT2D eigenvalue weighted by molar-refractivity contribution is -0.164. The van der Waals surface area contributed by atoms with Crippen molar-refractivity contribution in [2.24, 2.45) is 5.16 Å². The molecule has 0 saturated carbocycles. The van der Waals surface area contributed by atoms with Crippen LogP contribution in [0.1, 0.15) is 37.5 Å². The Balaban J connectivity index is 1.48. The highest BCUT2D eigenvalue weighted by molar-refractivity contribution is 6.07. The van der Waals surface area contributed by atoms with E-state index >= 15 is 0 Å². The van der Waals surface area contributed by atoms with E-state index < -0.39 is 42.5 Å². The third kappa shape index (κ3) is 7.10. The Morgan fingerprint density at radius 1 is 1.00 bits per heavy atom. The molecule has 0 unspecified atom stereocenters. The lowest BCUT2D eigenvalue weighted by Gasteiger charge is -2.32. The van der Waals surface area contributed by atoms with Crippen molar-refractivity contribution >= 4 is 17.7 Å². The predicted octanol–water partition coefficient (Wildman–Crippen LogP) is 3.13. The summed E-state index contributed by atoms with van der Waals surface area (Å²) in [7, 11) is 3.12. The number of rotatable bonds is 10. The molecule has 2 aromatic carbocycles. The lowest BCUT2D eigenvalue weighted by atomic mass is 9.92. The van der Waals surface area contributed by atoms with Crippen LogP contribution in [0.3, 0.4) is 0 Å². The SMILES string of the molecule is COc1cccc([C@H]2Oc3ccc(OC)cc3C(=NOCC[C@@H]3C=C[C@H](OC(C)=O)[C@@H](COC(C)=O)O3)[C@@H]2O)c1. The van der Waals surface area contributed by atoms with Crippen LogP contribution < -0.4 is 14.2 Å². The zero-order chi connectivity index (χ0) is 28.6. The van der Waals surface area contributed by atoms with Gasteiger partial charge < -0.3 is 38.4 Å². The van der Waals surface area contributed by atoms with E-state index in [4.69, 9.17) is 33.3 Å². The standard InChI is InChI=1S/C29H33NO10/c1-17(31)36-16-26-25(38-18(2)32)11-8-20(39-26)12-13-37-30-27-23-15-22(35-4)9-10-24(23)40-29(28(27)33)19-6-5-7-21(14-19)34-3/h5-11,14-15,20,25-26,28-29,33H,12-13,16H2,1-4H3/t20-,25-,26+,28-,29+/m0/s1. The third-order valence-corrected chi connectivity index (χ3v) is 6.35. The number of hydrogen-bond donors (Lipinski definition) is 1. The molecule has 0 aliphatic carbocycles. The highest BCUT2D eigenvalue weighted by atomic mass is 16.6. The molecule has 0 radical (unpaired) electrons.